The van der Waals surface area contributed by atoms with E-state index in [4.69, 9.17) is 5.26 Å². The van der Waals surface area contributed by atoms with Gasteiger partial charge in [-0.15, -0.1) is 0 Å². The van der Waals surface area contributed by atoms with Gasteiger partial charge >= 0.3 is 0 Å². The summed E-state index contributed by atoms with van der Waals surface area (Å²) in [6.07, 6.45) is 2.85. The van der Waals surface area contributed by atoms with Gasteiger partial charge in [-0.3, -0.25) is 4.79 Å². The molecule has 0 atom stereocenters. The Labute approximate surface area is 73.9 Å². The maximum Gasteiger partial charge on any atom is 0.237 e. The highest BCUT2D eigenvalue weighted by atomic mass is 79.9. The van der Waals surface area contributed by atoms with Crippen LogP contribution < -0.4 is 5.32 Å². The molecule has 0 spiro atoms. The van der Waals surface area contributed by atoms with Gasteiger partial charge in [0.2, 0.25) is 5.91 Å². The van der Waals surface area contributed by atoms with E-state index in [0.29, 0.717) is 0 Å². The van der Waals surface area contributed by atoms with Crippen molar-refractivity contribution >= 4 is 21.8 Å². The summed E-state index contributed by atoms with van der Waals surface area (Å²) in [5, 5.41) is 10.7. The summed E-state index contributed by atoms with van der Waals surface area (Å²) < 4.78 is -0.357. The Bertz CT molecular complexity index is 205. The van der Waals surface area contributed by atoms with E-state index in [1.165, 1.54) is 0 Å². The van der Waals surface area contributed by atoms with Gasteiger partial charge in [-0.25, -0.2) is 0 Å². The fourth-order valence-electron chi connectivity index (χ4n) is 0.992. The number of nitrogens with one attached hydrogen (secondary N) is 1. The standard InChI is InChI=1S/C7H9BrN2O/c8-7(2-1-3-7)6(11)10-5-4-9/h1-3,5H2,(H,10,11). The van der Waals surface area contributed by atoms with Gasteiger partial charge in [-0.1, -0.05) is 15.9 Å². The third-order valence-electron chi connectivity index (χ3n) is 1.88. The first kappa shape index (κ1) is 8.54. The van der Waals surface area contributed by atoms with Gasteiger partial charge in [0.05, 0.1) is 6.07 Å². The van der Waals surface area contributed by atoms with E-state index >= 15 is 0 Å². The van der Waals surface area contributed by atoms with Gasteiger partial charge in [0.15, 0.2) is 0 Å². The number of carbonyl (C=O) groups excluding carboxylic acids is 1. The molecule has 60 valence electrons. The number of halogens is 1. The first-order chi connectivity index (χ1) is 5.19. The Morgan fingerprint density at radius 2 is 2.36 bits per heavy atom. The van der Waals surface area contributed by atoms with E-state index in [-0.39, 0.29) is 16.8 Å². The van der Waals surface area contributed by atoms with Crippen LogP contribution in [0.2, 0.25) is 0 Å². The lowest BCUT2D eigenvalue weighted by Gasteiger charge is -2.33. The van der Waals surface area contributed by atoms with Crippen LogP contribution in [-0.4, -0.2) is 16.8 Å². The van der Waals surface area contributed by atoms with Crippen LogP contribution >= 0.6 is 15.9 Å². The van der Waals surface area contributed by atoms with Gasteiger partial charge in [0.25, 0.3) is 0 Å². The normalized spacial score (nSPS) is 19.6. The number of hydrogen-bond acceptors (Lipinski definition) is 2. The number of carbonyl (C=O) groups is 1. The molecule has 1 aliphatic carbocycles. The average molecular weight is 217 g/mol. The zero-order valence-electron chi connectivity index (χ0n) is 6.06. The highest BCUT2D eigenvalue weighted by Gasteiger charge is 2.41. The van der Waals surface area contributed by atoms with E-state index in [1.54, 1.807) is 0 Å². The van der Waals surface area contributed by atoms with Crippen LogP contribution in [0.4, 0.5) is 0 Å². The van der Waals surface area contributed by atoms with Crippen molar-refractivity contribution in [3.63, 3.8) is 0 Å². The SMILES string of the molecule is N#CCNC(=O)C1(Br)CCC1. The molecule has 1 saturated carbocycles. The summed E-state index contributed by atoms with van der Waals surface area (Å²) in [4.78, 5) is 11.2. The summed E-state index contributed by atoms with van der Waals surface area (Å²) in [7, 11) is 0. The predicted octanol–water partition coefficient (Wildman–Crippen LogP) is 0.944. The lowest BCUT2D eigenvalue weighted by Crippen LogP contribution is -2.46. The molecule has 4 heteroatoms. The fraction of sp³-hybridized carbons (Fsp3) is 0.714. The van der Waals surface area contributed by atoms with Crippen molar-refractivity contribution < 1.29 is 4.79 Å². The first-order valence-corrected chi connectivity index (χ1v) is 4.32. The highest BCUT2D eigenvalue weighted by Crippen LogP contribution is 2.40. The molecule has 1 N–H and O–H groups in total. The molecule has 0 unspecified atom stereocenters. The zero-order chi connectivity index (χ0) is 8.32. The molecule has 3 nitrogen and oxygen atoms in total. The minimum absolute atomic E-state index is 0.0506. The number of nitrogens with zero attached hydrogens (tertiary/aromatic N) is 1. The van der Waals surface area contributed by atoms with Crippen molar-refractivity contribution in [2.45, 2.75) is 23.6 Å². The Kier molecular flexibility index (Phi) is 2.50. The number of hydrogen-bond donors (Lipinski definition) is 1. The molecule has 0 radical (unpaired) electrons. The monoisotopic (exact) mass is 216 g/mol. The number of rotatable bonds is 2. The van der Waals surface area contributed by atoms with Crippen LogP contribution in [0.5, 0.6) is 0 Å². The second-order valence-corrected chi connectivity index (χ2v) is 4.18. The molecule has 1 rings (SSSR count). The molecule has 0 heterocycles. The van der Waals surface area contributed by atoms with Crippen LogP contribution in [0.1, 0.15) is 19.3 Å². The Morgan fingerprint density at radius 1 is 1.73 bits per heavy atom. The van der Waals surface area contributed by atoms with E-state index < -0.39 is 0 Å². The fourth-order valence-corrected chi connectivity index (χ4v) is 1.69. The van der Waals surface area contributed by atoms with Gasteiger partial charge in [-0.2, -0.15) is 5.26 Å². The topological polar surface area (TPSA) is 52.9 Å². The second-order valence-electron chi connectivity index (χ2n) is 2.66. The molecule has 1 fully saturated rings. The van der Waals surface area contributed by atoms with Gasteiger partial charge < -0.3 is 5.32 Å². The predicted molar refractivity (Wildman–Crippen MR) is 44.1 cm³/mol. The summed E-state index contributed by atoms with van der Waals surface area (Å²) in [6, 6.07) is 1.87. The molecule has 11 heavy (non-hydrogen) atoms. The Hall–Kier alpha value is -0.560. The van der Waals surface area contributed by atoms with Crippen LogP contribution in [0.25, 0.3) is 0 Å². The van der Waals surface area contributed by atoms with Crippen molar-refractivity contribution in [3.05, 3.63) is 0 Å². The van der Waals surface area contributed by atoms with Gasteiger partial charge in [-0.05, 0) is 19.3 Å². The Morgan fingerprint density at radius 3 is 2.73 bits per heavy atom. The van der Waals surface area contributed by atoms with E-state index in [0.717, 1.165) is 19.3 Å². The van der Waals surface area contributed by atoms with Crippen LogP contribution in [0, 0.1) is 11.3 Å². The Balaban J connectivity index is 2.36. The van der Waals surface area contributed by atoms with E-state index in [2.05, 4.69) is 21.2 Å². The van der Waals surface area contributed by atoms with Crippen LogP contribution in [0.3, 0.4) is 0 Å². The van der Waals surface area contributed by atoms with Gasteiger partial charge in [0, 0.05) is 0 Å². The van der Waals surface area contributed by atoms with Crippen molar-refractivity contribution in [1.29, 1.82) is 5.26 Å². The molecule has 0 aromatic rings. The van der Waals surface area contributed by atoms with E-state index in [9.17, 15) is 4.79 Å². The molecule has 0 aromatic heterocycles. The smallest absolute Gasteiger partial charge is 0.237 e. The number of nitriles is 1. The first-order valence-electron chi connectivity index (χ1n) is 3.53. The lowest BCUT2D eigenvalue weighted by molar-refractivity contribution is -0.124. The zero-order valence-corrected chi connectivity index (χ0v) is 7.65. The molecule has 0 saturated heterocycles. The number of amides is 1. The molecular formula is C7H9BrN2O. The molecular weight excluding hydrogens is 208 g/mol. The molecule has 1 amide bonds. The minimum atomic E-state index is -0.357. The summed E-state index contributed by atoms with van der Waals surface area (Å²) in [5.74, 6) is -0.0506. The lowest BCUT2D eigenvalue weighted by atomic mass is 9.84. The van der Waals surface area contributed by atoms with E-state index in [1.807, 2.05) is 6.07 Å². The van der Waals surface area contributed by atoms with Crippen LogP contribution in [0.15, 0.2) is 0 Å². The molecule has 0 bridgehead atoms. The minimum Gasteiger partial charge on any atom is -0.342 e. The highest BCUT2D eigenvalue weighted by molar-refractivity contribution is 9.10. The molecule has 1 aliphatic rings. The second kappa shape index (κ2) is 3.22. The quantitative estimate of drug-likeness (QED) is 0.552. The average Bonchev–Trinajstić information content (AvgIpc) is 1.95. The summed E-state index contributed by atoms with van der Waals surface area (Å²) >= 11 is 3.34. The van der Waals surface area contributed by atoms with Crippen molar-refractivity contribution in [2.24, 2.45) is 0 Å². The largest absolute Gasteiger partial charge is 0.342 e. The maximum absolute atomic E-state index is 11.2. The van der Waals surface area contributed by atoms with Crippen molar-refractivity contribution in [1.82, 2.24) is 5.32 Å². The maximum atomic E-state index is 11.2. The van der Waals surface area contributed by atoms with Crippen molar-refractivity contribution in [3.8, 4) is 6.07 Å². The third-order valence-corrected chi connectivity index (χ3v) is 3.03. The van der Waals surface area contributed by atoms with Crippen LogP contribution in [-0.2, 0) is 4.79 Å². The van der Waals surface area contributed by atoms with Gasteiger partial charge in [0.1, 0.15) is 10.9 Å². The summed E-state index contributed by atoms with van der Waals surface area (Å²) in [5.41, 5.74) is 0. The molecule has 0 aromatic carbocycles. The third kappa shape index (κ3) is 1.72. The van der Waals surface area contributed by atoms with Crippen molar-refractivity contribution in [2.75, 3.05) is 6.54 Å². The number of alkyl halides is 1. The molecule has 0 aliphatic heterocycles. The summed E-state index contributed by atoms with van der Waals surface area (Å²) in [6.45, 7) is 0.103.